The molecule has 8 heteroatoms. The van der Waals surface area contributed by atoms with E-state index in [9.17, 15) is 4.79 Å². The van der Waals surface area contributed by atoms with Gasteiger partial charge >= 0.3 is 6.09 Å². The highest BCUT2D eigenvalue weighted by atomic mass is 32.1. The van der Waals surface area contributed by atoms with Crippen molar-refractivity contribution in [1.29, 1.82) is 0 Å². The van der Waals surface area contributed by atoms with Crippen LogP contribution in [0.15, 0.2) is 11.2 Å². The number of rotatable bonds is 3. The summed E-state index contributed by atoms with van der Waals surface area (Å²) in [4.78, 5) is 26.6. The number of hydrogen-bond acceptors (Lipinski definition) is 7. The number of hydrogen-bond donors (Lipinski definition) is 1. The number of nitrogens with one attached hydrogen (secondary N) is 1. The van der Waals surface area contributed by atoms with Crippen LogP contribution in [0.4, 0.5) is 4.79 Å². The first-order chi connectivity index (χ1) is 11.8. The van der Waals surface area contributed by atoms with E-state index in [-0.39, 0.29) is 12.1 Å². The van der Waals surface area contributed by atoms with Gasteiger partial charge in [0.05, 0.1) is 17.6 Å². The molecule has 0 aliphatic carbocycles. The van der Waals surface area contributed by atoms with E-state index in [0.29, 0.717) is 13.1 Å². The number of thiazole rings is 1. The highest BCUT2D eigenvalue weighted by molar-refractivity contribution is 7.11. The average molecular weight is 366 g/mol. The summed E-state index contributed by atoms with van der Waals surface area (Å²) in [5.41, 5.74) is -0.457. The quantitative estimate of drug-likeness (QED) is 0.886. The minimum absolute atomic E-state index is 0.229. The molecule has 1 N–H and O–H groups in total. The van der Waals surface area contributed by atoms with Gasteiger partial charge in [-0.3, -0.25) is 4.99 Å². The molecule has 2 aliphatic heterocycles. The van der Waals surface area contributed by atoms with Crippen LogP contribution in [0.1, 0.15) is 30.7 Å². The Balaban J connectivity index is 1.46. The van der Waals surface area contributed by atoms with E-state index in [1.165, 1.54) is 4.88 Å². The minimum Gasteiger partial charge on any atom is -0.444 e. The van der Waals surface area contributed by atoms with E-state index in [0.717, 1.165) is 37.0 Å². The van der Waals surface area contributed by atoms with Gasteiger partial charge in [0, 0.05) is 43.7 Å². The van der Waals surface area contributed by atoms with Gasteiger partial charge in [-0.05, 0) is 27.7 Å². The second-order valence-electron chi connectivity index (χ2n) is 7.48. The molecule has 1 atom stereocenters. The van der Waals surface area contributed by atoms with Gasteiger partial charge in [0.25, 0.3) is 0 Å². The summed E-state index contributed by atoms with van der Waals surface area (Å²) in [6, 6.07) is 0.242. The summed E-state index contributed by atoms with van der Waals surface area (Å²) in [5.74, 6) is 0.946. The molecule has 1 aromatic heterocycles. The van der Waals surface area contributed by atoms with E-state index in [2.05, 4.69) is 27.1 Å². The van der Waals surface area contributed by atoms with Crippen LogP contribution in [0.25, 0.3) is 0 Å². The van der Waals surface area contributed by atoms with E-state index in [4.69, 9.17) is 4.74 Å². The first-order valence-electron chi connectivity index (χ1n) is 8.76. The Kier molecular flexibility index (Phi) is 5.17. The zero-order valence-electron chi connectivity index (χ0n) is 15.4. The molecule has 138 valence electrons. The fourth-order valence-electron chi connectivity index (χ4n) is 3.02. The zero-order chi connectivity index (χ0) is 18.0. The molecule has 1 fully saturated rings. The van der Waals surface area contributed by atoms with Crippen LogP contribution in [-0.2, 0) is 11.2 Å². The van der Waals surface area contributed by atoms with Gasteiger partial charge in [-0.25, -0.2) is 9.78 Å². The number of piperazine rings is 1. The summed E-state index contributed by atoms with van der Waals surface area (Å²) in [7, 11) is 0. The molecule has 0 saturated carbocycles. The van der Waals surface area contributed by atoms with Crippen LogP contribution in [0.2, 0.25) is 0 Å². The maximum atomic E-state index is 12.2. The first kappa shape index (κ1) is 18.0. The Morgan fingerprint density at radius 1 is 1.44 bits per heavy atom. The predicted octanol–water partition coefficient (Wildman–Crippen LogP) is 1.87. The molecule has 1 unspecified atom stereocenters. The molecule has 0 radical (unpaired) electrons. The van der Waals surface area contributed by atoms with Crippen molar-refractivity contribution >= 4 is 23.4 Å². The number of fused-ring (bicyclic) bond motifs is 1. The predicted molar refractivity (Wildman–Crippen MR) is 99.2 cm³/mol. The molecule has 25 heavy (non-hydrogen) atoms. The van der Waals surface area contributed by atoms with Crippen molar-refractivity contribution in [2.24, 2.45) is 4.99 Å². The molecule has 2 aliphatic rings. The summed E-state index contributed by atoms with van der Waals surface area (Å²) in [5, 5.41) is 4.58. The molecule has 3 rings (SSSR count). The zero-order valence-corrected chi connectivity index (χ0v) is 16.2. The molecule has 1 saturated heterocycles. The second-order valence-corrected chi connectivity index (χ2v) is 8.80. The van der Waals surface area contributed by atoms with Gasteiger partial charge in [0.1, 0.15) is 5.60 Å². The van der Waals surface area contributed by atoms with E-state index in [1.807, 2.05) is 27.0 Å². The first-order valence-corrected chi connectivity index (χ1v) is 9.58. The van der Waals surface area contributed by atoms with Crippen molar-refractivity contribution in [3.8, 4) is 0 Å². The van der Waals surface area contributed by atoms with Gasteiger partial charge in [-0.1, -0.05) is 0 Å². The summed E-state index contributed by atoms with van der Waals surface area (Å²) < 4.78 is 5.48. The Morgan fingerprint density at radius 3 is 2.92 bits per heavy atom. The topological polar surface area (TPSA) is 70.1 Å². The van der Waals surface area contributed by atoms with Crippen LogP contribution in [-0.4, -0.2) is 71.2 Å². The molecule has 0 spiro atoms. The minimum atomic E-state index is -0.457. The smallest absolute Gasteiger partial charge is 0.410 e. The van der Waals surface area contributed by atoms with Gasteiger partial charge in [-0.15, -0.1) is 11.3 Å². The van der Waals surface area contributed by atoms with E-state index < -0.39 is 5.60 Å². The van der Waals surface area contributed by atoms with E-state index in [1.54, 1.807) is 16.2 Å². The van der Waals surface area contributed by atoms with Crippen LogP contribution in [0.5, 0.6) is 0 Å². The maximum absolute atomic E-state index is 12.2. The molecule has 1 aromatic rings. The number of carbonyl (C=O) groups excluding carboxylic acids is 1. The molecule has 3 heterocycles. The van der Waals surface area contributed by atoms with Crippen molar-refractivity contribution in [3.63, 3.8) is 0 Å². The van der Waals surface area contributed by atoms with Crippen molar-refractivity contribution in [1.82, 2.24) is 20.1 Å². The number of guanidine groups is 1. The summed E-state index contributed by atoms with van der Waals surface area (Å²) in [6.07, 6.45) is 2.59. The fourth-order valence-corrected chi connectivity index (χ4v) is 3.81. The molecular formula is C17H27N5O2S. The monoisotopic (exact) mass is 365 g/mol. The van der Waals surface area contributed by atoms with Gasteiger partial charge < -0.3 is 19.9 Å². The van der Waals surface area contributed by atoms with Gasteiger partial charge in [0.15, 0.2) is 5.96 Å². The third-order valence-electron chi connectivity index (χ3n) is 4.15. The van der Waals surface area contributed by atoms with Crippen molar-refractivity contribution in [2.75, 3.05) is 32.7 Å². The standard InChI is InChI=1S/C17H27N5O2S/c1-12-9-19-14(25-12)5-6-18-15-20-10-13-11-21(7-8-22(13)15)16(23)24-17(2,3)4/h9,13H,5-8,10-11H2,1-4H3,(H,18,20). The number of carbonyl (C=O) groups is 1. The lowest BCUT2D eigenvalue weighted by Gasteiger charge is -2.39. The van der Waals surface area contributed by atoms with Crippen LogP contribution in [0.3, 0.4) is 0 Å². The molecule has 0 bridgehead atoms. The highest BCUT2D eigenvalue weighted by Crippen LogP contribution is 2.18. The third kappa shape index (κ3) is 4.62. The third-order valence-corrected chi connectivity index (χ3v) is 5.12. The Labute approximate surface area is 153 Å². The number of aliphatic imine (C=N–C) groups is 1. The summed E-state index contributed by atoms with van der Waals surface area (Å²) >= 11 is 1.74. The fraction of sp³-hybridized carbons (Fsp3) is 0.706. The molecule has 1 amide bonds. The molecule has 0 aromatic carbocycles. The Morgan fingerprint density at radius 2 is 2.24 bits per heavy atom. The van der Waals surface area contributed by atoms with Crippen molar-refractivity contribution < 1.29 is 9.53 Å². The Hall–Kier alpha value is -1.83. The van der Waals surface area contributed by atoms with Crippen LogP contribution >= 0.6 is 11.3 Å². The number of amides is 1. The lowest BCUT2D eigenvalue weighted by molar-refractivity contribution is 0.0137. The average Bonchev–Trinajstić information content (AvgIpc) is 3.12. The molecule has 7 nitrogen and oxygen atoms in total. The normalized spacial score (nSPS) is 20.3. The van der Waals surface area contributed by atoms with Crippen LogP contribution in [0, 0.1) is 6.92 Å². The highest BCUT2D eigenvalue weighted by Gasteiger charge is 2.36. The van der Waals surface area contributed by atoms with E-state index >= 15 is 0 Å². The Bertz CT molecular complexity index is 652. The number of aryl methyl sites for hydroxylation is 1. The van der Waals surface area contributed by atoms with Crippen LogP contribution < -0.4 is 5.32 Å². The van der Waals surface area contributed by atoms with Crippen molar-refractivity contribution in [3.05, 3.63) is 16.1 Å². The lowest BCUT2D eigenvalue weighted by atomic mass is 10.2. The van der Waals surface area contributed by atoms with Gasteiger partial charge in [0.2, 0.25) is 0 Å². The second kappa shape index (κ2) is 7.19. The van der Waals surface area contributed by atoms with Gasteiger partial charge in [-0.2, -0.15) is 0 Å². The summed E-state index contributed by atoms with van der Waals surface area (Å²) in [6.45, 7) is 11.4. The SMILES string of the molecule is Cc1cnc(CCNC2=NCC3CN(C(=O)OC(C)(C)C)CCN23)s1. The number of ether oxygens (including phenoxy) is 1. The largest absolute Gasteiger partial charge is 0.444 e. The maximum Gasteiger partial charge on any atom is 0.410 e. The number of aromatic nitrogens is 1. The molecular weight excluding hydrogens is 338 g/mol. The lowest BCUT2D eigenvalue weighted by Crippen LogP contribution is -2.57. The van der Waals surface area contributed by atoms with Crippen molar-refractivity contribution in [2.45, 2.75) is 45.8 Å². The number of nitrogens with zero attached hydrogens (tertiary/aromatic N) is 4.